The van der Waals surface area contributed by atoms with Gasteiger partial charge in [-0.1, -0.05) is 0 Å². The van der Waals surface area contributed by atoms with Crippen LogP contribution in [0.4, 0.5) is 0 Å². The van der Waals surface area contributed by atoms with Crippen LogP contribution in [0.3, 0.4) is 0 Å². The van der Waals surface area contributed by atoms with Crippen LogP contribution < -0.4 is 0 Å². The van der Waals surface area contributed by atoms with Crippen molar-refractivity contribution >= 4 is 0 Å². The quantitative estimate of drug-likeness (QED) is 0.0892. The van der Waals surface area contributed by atoms with Crippen molar-refractivity contribution < 1.29 is 99.5 Å². The van der Waals surface area contributed by atoms with Gasteiger partial charge in [0, 0.05) is 0 Å². The summed E-state index contributed by atoms with van der Waals surface area (Å²) in [5, 5.41) is 130. The maximum atomic E-state index is 10.8. The Hall–Kier alpha value is -0.800. The van der Waals surface area contributed by atoms with Crippen molar-refractivity contribution in [2.24, 2.45) is 0 Å². The maximum Gasteiger partial charge on any atom is 0.187 e. The highest BCUT2D eigenvalue weighted by atomic mass is 16.8. The molecule has 0 spiro atoms. The minimum atomic E-state index is -1.86. The number of aliphatic hydroxyl groups excluding tert-OH is 13. The van der Waals surface area contributed by atoms with Gasteiger partial charge in [-0.25, -0.2) is 0 Å². The fourth-order valence-corrected chi connectivity index (χ4v) is 5.26. The van der Waals surface area contributed by atoms with Crippen molar-refractivity contribution in [1.29, 1.82) is 0 Å². The van der Waals surface area contributed by atoms with Crippen molar-refractivity contribution in [1.82, 2.24) is 0 Å². The van der Waals surface area contributed by atoms with E-state index in [1.165, 1.54) is 0 Å². The molecule has 4 aliphatic rings. The van der Waals surface area contributed by atoms with Crippen LogP contribution in [0.15, 0.2) is 0 Å². The summed E-state index contributed by atoms with van der Waals surface area (Å²) in [4.78, 5) is 0. The molecule has 0 aromatic rings. The fourth-order valence-electron chi connectivity index (χ4n) is 5.26. The summed E-state index contributed by atoms with van der Waals surface area (Å²) in [7, 11) is 0. The molecule has 4 heterocycles. The van der Waals surface area contributed by atoms with Crippen LogP contribution in [0.2, 0.25) is 0 Å². The Morgan fingerprint density at radius 3 is 1.58 bits per heavy atom. The van der Waals surface area contributed by atoms with E-state index in [2.05, 4.69) is 0 Å². The Labute approximate surface area is 243 Å². The molecule has 0 unspecified atom stereocenters. The molecule has 252 valence electrons. The molecule has 4 aliphatic heterocycles. The molecule has 0 aromatic carbocycles. The van der Waals surface area contributed by atoms with Gasteiger partial charge in [-0.3, -0.25) is 0 Å². The Kier molecular flexibility index (Phi) is 12.0. The van der Waals surface area contributed by atoms with E-state index in [1.54, 1.807) is 0 Å². The topological polar surface area (TPSA) is 328 Å². The maximum absolute atomic E-state index is 10.8. The van der Waals surface area contributed by atoms with Gasteiger partial charge in [0.05, 0.1) is 26.4 Å². The first-order valence-electron chi connectivity index (χ1n) is 13.5. The second-order valence-electron chi connectivity index (χ2n) is 10.7. The van der Waals surface area contributed by atoms with E-state index in [1.807, 2.05) is 0 Å². The van der Waals surface area contributed by atoms with Gasteiger partial charge < -0.3 is 99.5 Å². The van der Waals surface area contributed by atoms with Crippen molar-refractivity contribution in [3.63, 3.8) is 0 Å². The zero-order valence-electron chi connectivity index (χ0n) is 22.5. The summed E-state index contributed by atoms with van der Waals surface area (Å²) in [5.41, 5.74) is 0. The van der Waals surface area contributed by atoms with E-state index < -0.39 is 143 Å². The molecule has 4 rings (SSSR count). The molecule has 43 heavy (non-hydrogen) atoms. The molecule has 19 atom stereocenters. The van der Waals surface area contributed by atoms with Crippen molar-refractivity contribution in [3.8, 4) is 0 Å². The molecule has 0 amide bonds. The zero-order chi connectivity index (χ0) is 31.7. The Bertz CT molecular complexity index is 871. The summed E-state index contributed by atoms with van der Waals surface area (Å²) in [6, 6.07) is 0. The molecule has 4 saturated heterocycles. The lowest BCUT2D eigenvalue weighted by molar-refractivity contribution is -0.269. The van der Waals surface area contributed by atoms with Crippen LogP contribution in [0, 0.1) is 0 Å². The number of hydrogen-bond donors (Lipinski definition) is 13. The monoisotopic (exact) mass is 636 g/mol. The number of rotatable bonds is 13. The van der Waals surface area contributed by atoms with E-state index in [4.69, 9.17) is 38.3 Å². The molecule has 20 nitrogen and oxygen atoms in total. The first-order chi connectivity index (χ1) is 20.3. The Morgan fingerprint density at radius 2 is 1.02 bits per heavy atom. The third-order valence-electron chi connectivity index (χ3n) is 7.81. The highest BCUT2D eigenvalue weighted by Crippen LogP contribution is 2.33. The molecule has 0 aromatic heterocycles. The van der Waals surface area contributed by atoms with Crippen LogP contribution in [-0.4, -0.2) is 210 Å². The van der Waals surface area contributed by atoms with Gasteiger partial charge >= 0.3 is 0 Å². The molecule has 13 N–H and O–H groups in total. The smallest absolute Gasteiger partial charge is 0.187 e. The van der Waals surface area contributed by atoms with Crippen LogP contribution >= 0.6 is 0 Å². The van der Waals surface area contributed by atoms with Gasteiger partial charge in [-0.15, -0.1) is 0 Å². The molecule has 4 fully saturated rings. The van der Waals surface area contributed by atoms with Gasteiger partial charge in [-0.05, 0) is 0 Å². The minimum absolute atomic E-state index is 0.698. The predicted octanol–water partition coefficient (Wildman–Crippen LogP) is -9.11. The molecule has 0 saturated carbocycles. The first kappa shape index (κ1) is 35.1. The van der Waals surface area contributed by atoms with Gasteiger partial charge in [0.15, 0.2) is 25.2 Å². The van der Waals surface area contributed by atoms with Crippen molar-refractivity contribution in [3.05, 3.63) is 0 Å². The lowest BCUT2D eigenvalue weighted by atomic mass is 10.0. The van der Waals surface area contributed by atoms with Crippen LogP contribution in [0.5, 0.6) is 0 Å². The SMILES string of the molecule is OC[C@@H](O)[C@@H]1O[C@@H](OC[C@@H](O[C@H]2O[C@H](CO)[C@@H](O)[C@@H]2O)[C@@H]2O[C@@H](O[C@H](CO)[C@@H]3O[C@@H](O)[C@H](O)[C@H]3O)[C@H](O)[C@H]2O)[C@H](O)[C@H]1O. The van der Waals surface area contributed by atoms with E-state index in [9.17, 15) is 61.3 Å². The number of hydrogen-bond acceptors (Lipinski definition) is 20. The van der Waals surface area contributed by atoms with E-state index in [0.717, 1.165) is 0 Å². The molecule has 0 bridgehead atoms. The van der Waals surface area contributed by atoms with Crippen molar-refractivity contribution in [2.45, 2.75) is 117 Å². The summed E-state index contributed by atoms with van der Waals surface area (Å²) >= 11 is 0. The molecular weight excluding hydrogens is 596 g/mol. The summed E-state index contributed by atoms with van der Waals surface area (Å²) in [6.07, 6.45) is -31.1. The van der Waals surface area contributed by atoms with Gasteiger partial charge in [-0.2, -0.15) is 0 Å². The fraction of sp³-hybridized carbons (Fsp3) is 1.00. The molecular formula is C23H40O20. The van der Waals surface area contributed by atoms with Gasteiger partial charge in [0.1, 0.15) is 91.6 Å². The third-order valence-corrected chi connectivity index (χ3v) is 7.81. The first-order valence-corrected chi connectivity index (χ1v) is 13.5. The van der Waals surface area contributed by atoms with Crippen molar-refractivity contribution in [2.75, 3.05) is 26.4 Å². The summed E-state index contributed by atoms with van der Waals surface area (Å²) < 4.78 is 37.9. The van der Waals surface area contributed by atoms with Crippen LogP contribution in [0.25, 0.3) is 0 Å². The Morgan fingerprint density at radius 1 is 0.512 bits per heavy atom. The highest BCUT2D eigenvalue weighted by Gasteiger charge is 2.54. The van der Waals surface area contributed by atoms with E-state index in [-0.39, 0.29) is 0 Å². The second-order valence-corrected chi connectivity index (χ2v) is 10.7. The van der Waals surface area contributed by atoms with Gasteiger partial charge in [0.2, 0.25) is 0 Å². The molecule has 0 radical (unpaired) electrons. The molecule has 0 aliphatic carbocycles. The van der Waals surface area contributed by atoms with Gasteiger partial charge in [0.25, 0.3) is 0 Å². The number of aliphatic hydroxyl groups is 13. The van der Waals surface area contributed by atoms with Crippen LogP contribution in [0.1, 0.15) is 0 Å². The zero-order valence-corrected chi connectivity index (χ0v) is 22.5. The lowest BCUT2D eigenvalue weighted by Gasteiger charge is -2.30. The van der Waals surface area contributed by atoms with E-state index >= 15 is 0 Å². The largest absolute Gasteiger partial charge is 0.394 e. The highest BCUT2D eigenvalue weighted by molar-refractivity contribution is 4.97. The average Bonchev–Trinajstić information content (AvgIpc) is 3.64. The standard InChI is InChI=1S/C23H40O20/c24-1-5(27)17-11(30)15(34)21(42-17)37-4-8(40-22-14(33)9(28)6(2-25)38-22)19-12(31)16(35)23(43-19)39-7(3-26)18-10(29)13(32)20(36)41-18/h5-36H,1-4H2/t5-,6-,7-,8-,9-,10-,11-,12-,13-,14+,15-,16-,17+,18+,19+,20-,21-,22-,23-/m1/s1. The van der Waals surface area contributed by atoms with Crippen LogP contribution in [-0.2, 0) is 33.2 Å². The molecule has 20 heteroatoms. The Balaban J connectivity index is 1.49. The minimum Gasteiger partial charge on any atom is -0.394 e. The lowest BCUT2D eigenvalue weighted by Crippen LogP contribution is -2.47. The normalized spacial score (nSPS) is 49.0. The van der Waals surface area contributed by atoms with E-state index in [0.29, 0.717) is 0 Å². The average molecular weight is 637 g/mol. The summed E-state index contributed by atoms with van der Waals surface area (Å²) in [5.74, 6) is 0. The number of ether oxygens (including phenoxy) is 7. The predicted molar refractivity (Wildman–Crippen MR) is 128 cm³/mol. The second kappa shape index (κ2) is 14.7. The third kappa shape index (κ3) is 7.13. The summed E-state index contributed by atoms with van der Waals surface area (Å²) in [6.45, 7) is -3.07.